The summed E-state index contributed by atoms with van der Waals surface area (Å²) in [5.74, 6) is 1.82. The van der Waals surface area contributed by atoms with Crippen molar-refractivity contribution in [2.24, 2.45) is 0 Å². The minimum Gasteiger partial charge on any atom is -0.661 e. The molecular formula is C41H52MgN3+. The number of rotatable bonds is 10. The number of hydrogen-bond donors (Lipinski definition) is 1. The fraction of sp³-hybridized carbons (Fsp3) is 0.341. The van der Waals surface area contributed by atoms with Crippen LogP contribution in [0.4, 0.5) is 22.7 Å². The van der Waals surface area contributed by atoms with Gasteiger partial charge < -0.3 is 10.6 Å². The molecule has 0 amide bonds. The molecule has 0 saturated heterocycles. The second kappa shape index (κ2) is 18.6. The molecule has 4 rings (SSSR count). The van der Waals surface area contributed by atoms with Crippen molar-refractivity contribution in [1.29, 1.82) is 0 Å². The topological polar surface area (TPSA) is 42.2 Å². The van der Waals surface area contributed by atoms with Gasteiger partial charge in [-0.2, -0.15) is 5.70 Å². The molecule has 0 aliphatic rings. The van der Waals surface area contributed by atoms with E-state index in [4.69, 9.17) is 5.32 Å². The molecular weight excluding hydrogens is 559 g/mol. The Balaban J connectivity index is 0.000000418. The Kier molecular flexibility index (Phi) is 15.6. The molecule has 0 aliphatic heterocycles. The summed E-state index contributed by atoms with van der Waals surface area (Å²) in [5.41, 5.74) is 11.9. The summed E-state index contributed by atoms with van der Waals surface area (Å²) in [4.78, 5) is 3.71. The van der Waals surface area contributed by atoms with Crippen LogP contribution in [0, 0.1) is 0 Å². The van der Waals surface area contributed by atoms with Crippen molar-refractivity contribution < 1.29 is 4.99 Å². The Morgan fingerprint density at radius 1 is 0.533 bits per heavy atom. The summed E-state index contributed by atoms with van der Waals surface area (Å²) in [6.45, 7) is 22.2. The Hall–Kier alpha value is -3.34. The minimum absolute atomic E-state index is 0. The molecule has 4 heteroatoms. The van der Waals surface area contributed by atoms with E-state index in [0.717, 1.165) is 28.5 Å². The van der Waals surface area contributed by atoms with Crippen molar-refractivity contribution in [3.05, 3.63) is 142 Å². The number of hydrogen-bond acceptors (Lipinski definition) is 0. The average Bonchev–Trinajstić information content (AvgIpc) is 2.98. The predicted octanol–water partition coefficient (Wildman–Crippen LogP) is 11.6. The van der Waals surface area contributed by atoms with Gasteiger partial charge in [-0.05, 0) is 29.7 Å². The van der Waals surface area contributed by atoms with Crippen LogP contribution >= 0.6 is 0 Å². The third-order valence-electron chi connectivity index (χ3n) is 7.52. The first kappa shape index (κ1) is 37.8. The molecule has 0 bridgehead atoms. The van der Waals surface area contributed by atoms with Crippen molar-refractivity contribution in [2.75, 3.05) is 0 Å². The zero-order valence-corrected chi connectivity index (χ0v) is 30.6. The van der Waals surface area contributed by atoms with Crippen LogP contribution < -0.4 is 4.99 Å². The van der Waals surface area contributed by atoms with Crippen molar-refractivity contribution in [1.82, 2.24) is 0 Å². The van der Waals surface area contributed by atoms with Crippen LogP contribution in [-0.4, -0.2) is 28.8 Å². The molecule has 0 fully saturated rings. The fourth-order valence-electron chi connectivity index (χ4n) is 5.25. The van der Waals surface area contributed by atoms with E-state index in [9.17, 15) is 0 Å². The summed E-state index contributed by atoms with van der Waals surface area (Å²) < 4.78 is 0. The maximum absolute atomic E-state index is 5.10. The molecule has 4 aromatic carbocycles. The molecule has 0 heterocycles. The number of allylic oxidation sites excluding steroid dienone is 2. The smallest absolute Gasteiger partial charge is 0.661 e. The first-order valence-corrected chi connectivity index (χ1v) is 16.1. The van der Waals surface area contributed by atoms with Gasteiger partial charge >= 0.3 is 23.1 Å². The Morgan fingerprint density at radius 3 is 1.29 bits per heavy atom. The zero-order chi connectivity index (χ0) is 32.2. The van der Waals surface area contributed by atoms with Gasteiger partial charge in [0.1, 0.15) is 0 Å². The van der Waals surface area contributed by atoms with Crippen LogP contribution in [0.25, 0.3) is 10.6 Å². The maximum Gasteiger partial charge on any atom is 2.00 e. The van der Waals surface area contributed by atoms with Gasteiger partial charge in [0.25, 0.3) is 0 Å². The van der Waals surface area contributed by atoms with E-state index >= 15 is 0 Å². The molecule has 0 spiro atoms. The van der Waals surface area contributed by atoms with E-state index in [2.05, 4.69) is 122 Å². The van der Waals surface area contributed by atoms with Crippen molar-refractivity contribution in [3.63, 3.8) is 0 Å². The predicted molar refractivity (Wildman–Crippen MR) is 199 cm³/mol. The quantitative estimate of drug-likeness (QED) is 0.137. The second-order valence-corrected chi connectivity index (χ2v) is 12.7. The Labute approximate surface area is 289 Å². The van der Waals surface area contributed by atoms with Crippen LogP contribution in [0.2, 0.25) is 0 Å². The summed E-state index contributed by atoms with van der Waals surface area (Å²) >= 11 is 0. The van der Waals surface area contributed by atoms with Crippen molar-refractivity contribution in [3.8, 4) is 0 Å². The largest absolute Gasteiger partial charge is 2.00 e. The first-order valence-electron chi connectivity index (χ1n) is 16.1. The van der Waals surface area contributed by atoms with E-state index in [0.29, 0.717) is 23.7 Å². The molecule has 0 atom stereocenters. The van der Waals surface area contributed by atoms with Gasteiger partial charge in [0.05, 0.1) is 0 Å². The minimum atomic E-state index is 0. The standard InChI is InChI=1S/C29H41N2.C12H10N.Mg/c1-18(2)24-13-11-14-25(19(3)4)28(24)30-22(9)17-23(10)31-29-26(20(5)6)15-12-16-27(29)21(7)8;1-3-7-11(8-4-1)13-12-9-5-2-6-10-12;/h11-21H,1-10H3;1-10H;/q2*-1;+2/p+1/b22-17-,31-23?;;. The second-order valence-electron chi connectivity index (χ2n) is 12.7. The number of nitrogens with zero attached hydrogens (tertiary/aromatic N) is 2. The van der Waals surface area contributed by atoms with E-state index in [-0.39, 0.29) is 23.1 Å². The third kappa shape index (κ3) is 11.5. The molecule has 232 valence electrons. The van der Waals surface area contributed by atoms with Crippen LogP contribution in [0.15, 0.2) is 109 Å². The Bertz CT molecular complexity index is 1430. The number of para-hydroxylation sites is 4. The molecule has 0 radical (unpaired) electrons. The van der Waals surface area contributed by atoms with Crippen LogP contribution in [-0.2, 0) is 0 Å². The van der Waals surface area contributed by atoms with Gasteiger partial charge in [-0.25, -0.2) is 4.99 Å². The van der Waals surface area contributed by atoms with Gasteiger partial charge in [0.2, 0.25) is 5.69 Å². The van der Waals surface area contributed by atoms with Gasteiger partial charge in [-0.3, -0.25) is 0 Å². The van der Waals surface area contributed by atoms with Gasteiger partial charge in [0.15, 0.2) is 5.71 Å². The third-order valence-corrected chi connectivity index (χ3v) is 7.52. The van der Waals surface area contributed by atoms with E-state index in [1.165, 1.54) is 27.9 Å². The van der Waals surface area contributed by atoms with Gasteiger partial charge in [-0.1, -0.05) is 171 Å². The maximum atomic E-state index is 5.10. The van der Waals surface area contributed by atoms with Crippen LogP contribution in [0.1, 0.15) is 115 Å². The van der Waals surface area contributed by atoms with E-state index in [1.54, 1.807) is 0 Å². The molecule has 45 heavy (non-hydrogen) atoms. The van der Waals surface area contributed by atoms with Crippen LogP contribution in [0.3, 0.4) is 0 Å². The zero-order valence-electron chi connectivity index (χ0n) is 29.2. The summed E-state index contributed by atoms with van der Waals surface area (Å²) in [6.07, 6.45) is 2.17. The van der Waals surface area contributed by atoms with E-state index in [1.807, 2.05) is 60.7 Å². The SMILES string of the molecule is CC(/C=C(/C)[N-]c1c(C(C)C)cccc1C(C)C)=[NH+]c1c(C(C)C)cccc1C(C)C.[Mg+2].c1ccc([N-]c2ccccc2)cc1. The molecule has 0 aromatic heterocycles. The monoisotopic (exact) mass is 610 g/mol. The molecule has 0 saturated carbocycles. The average molecular weight is 611 g/mol. The fourth-order valence-corrected chi connectivity index (χ4v) is 5.25. The normalized spacial score (nSPS) is 11.8. The summed E-state index contributed by atoms with van der Waals surface area (Å²) in [5, 5.41) is 9.54. The molecule has 1 N–H and O–H groups in total. The molecule has 4 aromatic rings. The van der Waals surface area contributed by atoms with Gasteiger partial charge in [0, 0.05) is 18.1 Å². The molecule has 0 aliphatic carbocycles. The van der Waals surface area contributed by atoms with Crippen molar-refractivity contribution in [2.45, 2.75) is 92.9 Å². The number of nitrogens with one attached hydrogen (secondary N) is 1. The first-order chi connectivity index (χ1) is 21.0. The number of benzene rings is 4. The van der Waals surface area contributed by atoms with Gasteiger partial charge in [-0.15, -0.1) is 17.1 Å². The molecule has 0 unspecified atom stereocenters. The summed E-state index contributed by atoms with van der Waals surface area (Å²) in [6, 6.07) is 33.1. The van der Waals surface area contributed by atoms with E-state index < -0.39 is 0 Å². The van der Waals surface area contributed by atoms with Crippen LogP contribution in [0.5, 0.6) is 0 Å². The Morgan fingerprint density at radius 2 is 0.911 bits per heavy atom. The summed E-state index contributed by atoms with van der Waals surface area (Å²) in [7, 11) is 0. The molecule has 3 nitrogen and oxygen atoms in total. The van der Waals surface area contributed by atoms with Crippen molar-refractivity contribution >= 4 is 51.5 Å².